The third-order valence-electron chi connectivity index (χ3n) is 3.64. The molecule has 1 N–H and O–H groups in total. The Morgan fingerprint density at radius 2 is 1.65 bits per heavy atom. The number of hydrogen-bond donors (Lipinski definition) is 1. The Morgan fingerprint density at radius 1 is 1.00 bits per heavy atom. The predicted octanol–water partition coefficient (Wildman–Crippen LogP) is 3.71. The van der Waals surface area contributed by atoms with Gasteiger partial charge in [0, 0.05) is 11.6 Å². The number of nitrogens with one attached hydrogen (secondary N) is 1. The highest BCUT2D eigenvalue weighted by Crippen LogP contribution is 2.35. The molecular weight excluding hydrogens is 248 g/mol. The van der Waals surface area contributed by atoms with E-state index >= 15 is 0 Å². The molecule has 2 amide bonds. The summed E-state index contributed by atoms with van der Waals surface area (Å²) in [7, 11) is 0. The van der Waals surface area contributed by atoms with E-state index in [4.69, 9.17) is 0 Å². The fraction of sp³-hybridized carbons (Fsp3) is 0.235. The second-order valence-electron chi connectivity index (χ2n) is 5.32. The predicted molar refractivity (Wildman–Crippen MR) is 80.9 cm³/mol. The maximum Gasteiger partial charge on any atom is 0.322 e. The van der Waals surface area contributed by atoms with Crippen LogP contribution in [0.15, 0.2) is 54.6 Å². The topological polar surface area (TPSA) is 32.3 Å². The number of carbonyl (C=O) groups excluding carboxylic acids is 1. The van der Waals surface area contributed by atoms with E-state index in [1.54, 1.807) is 0 Å². The van der Waals surface area contributed by atoms with Gasteiger partial charge in [0.2, 0.25) is 0 Å². The number of carbonyl (C=O) groups is 1. The Morgan fingerprint density at radius 3 is 2.35 bits per heavy atom. The number of fused-ring (bicyclic) bond motifs is 1. The molecule has 20 heavy (non-hydrogen) atoms. The van der Waals surface area contributed by atoms with Crippen LogP contribution in [0.25, 0.3) is 0 Å². The maximum absolute atomic E-state index is 12.4. The van der Waals surface area contributed by atoms with Crippen LogP contribution in [0.1, 0.15) is 31.0 Å². The molecule has 3 rings (SSSR count). The van der Waals surface area contributed by atoms with E-state index in [1.165, 1.54) is 0 Å². The van der Waals surface area contributed by atoms with E-state index in [1.807, 2.05) is 67.3 Å². The third kappa shape index (κ3) is 2.05. The first-order chi connectivity index (χ1) is 9.68. The number of para-hydroxylation sites is 1. The summed E-state index contributed by atoms with van der Waals surface area (Å²) in [6.45, 7) is 4.05. The summed E-state index contributed by atoms with van der Waals surface area (Å²) in [5, 5.41) is 3.11. The van der Waals surface area contributed by atoms with E-state index in [0.29, 0.717) is 0 Å². The van der Waals surface area contributed by atoms with Crippen molar-refractivity contribution in [3.63, 3.8) is 0 Å². The Balaban J connectivity index is 2.12. The standard InChI is InChI=1S/C17H18N2O/c1-12(2)19-15-11-7-6-10-14(15)16(18-17(19)20)13-8-4-3-5-9-13/h3-12,16H,1-2H3,(H,18,20)/t16-/m0/s1. The molecule has 0 fully saturated rings. The maximum atomic E-state index is 12.4. The van der Waals surface area contributed by atoms with Crippen LogP contribution in [-0.2, 0) is 0 Å². The summed E-state index contributed by atoms with van der Waals surface area (Å²) in [6, 6.07) is 18.2. The van der Waals surface area contributed by atoms with Gasteiger partial charge in [-0.05, 0) is 25.5 Å². The number of anilines is 1. The molecule has 3 heteroatoms. The monoisotopic (exact) mass is 266 g/mol. The van der Waals surface area contributed by atoms with Gasteiger partial charge in [-0.15, -0.1) is 0 Å². The Labute approximate surface area is 119 Å². The normalized spacial score (nSPS) is 17.9. The number of amides is 2. The average molecular weight is 266 g/mol. The van der Waals surface area contributed by atoms with E-state index in [-0.39, 0.29) is 18.1 Å². The molecule has 102 valence electrons. The van der Waals surface area contributed by atoms with Crippen molar-refractivity contribution in [2.24, 2.45) is 0 Å². The molecule has 1 aliphatic heterocycles. The van der Waals surface area contributed by atoms with Crippen LogP contribution >= 0.6 is 0 Å². The van der Waals surface area contributed by atoms with Crippen LogP contribution in [-0.4, -0.2) is 12.1 Å². The largest absolute Gasteiger partial charge is 0.327 e. The van der Waals surface area contributed by atoms with Gasteiger partial charge in [-0.2, -0.15) is 0 Å². The van der Waals surface area contributed by atoms with Gasteiger partial charge in [-0.1, -0.05) is 48.5 Å². The van der Waals surface area contributed by atoms with Crippen molar-refractivity contribution in [3.05, 3.63) is 65.7 Å². The van der Waals surface area contributed by atoms with E-state index in [0.717, 1.165) is 16.8 Å². The quantitative estimate of drug-likeness (QED) is 0.883. The second kappa shape index (κ2) is 5.00. The molecule has 0 saturated carbocycles. The van der Waals surface area contributed by atoms with Crippen molar-refractivity contribution in [1.29, 1.82) is 0 Å². The molecule has 0 aromatic heterocycles. The van der Waals surface area contributed by atoms with E-state index < -0.39 is 0 Å². The smallest absolute Gasteiger partial charge is 0.322 e. The van der Waals surface area contributed by atoms with Crippen LogP contribution in [0, 0.1) is 0 Å². The molecule has 0 aliphatic carbocycles. The Kier molecular flexibility index (Phi) is 3.18. The molecule has 2 aromatic rings. The van der Waals surface area contributed by atoms with Gasteiger partial charge >= 0.3 is 6.03 Å². The first kappa shape index (κ1) is 12.7. The first-order valence-corrected chi connectivity index (χ1v) is 6.92. The summed E-state index contributed by atoms with van der Waals surface area (Å²) in [5.74, 6) is 0. The highest BCUT2D eigenvalue weighted by molar-refractivity contribution is 5.96. The number of nitrogens with zero attached hydrogens (tertiary/aromatic N) is 1. The lowest BCUT2D eigenvalue weighted by Crippen LogP contribution is -2.50. The Hall–Kier alpha value is -2.29. The number of hydrogen-bond acceptors (Lipinski definition) is 1. The fourth-order valence-corrected chi connectivity index (χ4v) is 2.75. The lowest BCUT2D eigenvalue weighted by atomic mass is 9.94. The van der Waals surface area contributed by atoms with Crippen LogP contribution in [0.4, 0.5) is 10.5 Å². The Bertz CT molecular complexity index is 622. The zero-order valence-electron chi connectivity index (χ0n) is 11.7. The number of benzene rings is 2. The molecule has 0 unspecified atom stereocenters. The minimum absolute atomic E-state index is 0.0347. The summed E-state index contributed by atoms with van der Waals surface area (Å²) in [6.07, 6.45) is 0. The zero-order valence-corrected chi connectivity index (χ0v) is 11.7. The lowest BCUT2D eigenvalue weighted by Gasteiger charge is -2.37. The highest BCUT2D eigenvalue weighted by Gasteiger charge is 2.32. The van der Waals surface area contributed by atoms with Crippen molar-refractivity contribution in [3.8, 4) is 0 Å². The van der Waals surface area contributed by atoms with Crippen molar-refractivity contribution in [1.82, 2.24) is 5.32 Å². The summed E-state index contributed by atoms with van der Waals surface area (Å²) in [4.78, 5) is 14.2. The summed E-state index contributed by atoms with van der Waals surface area (Å²) < 4.78 is 0. The van der Waals surface area contributed by atoms with Crippen LogP contribution in [0.2, 0.25) is 0 Å². The number of rotatable bonds is 2. The van der Waals surface area contributed by atoms with Crippen molar-refractivity contribution >= 4 is 11.7 Å². The minimum Gasteiger partial charge on any atom is -0.327 e. The van der Waals surface area contributed by atoms with Gasteiger partial charge < -0.3 is 5.32 Å². The van der Waals surface area contributed by atoms with Crippen LogP contribution in [0.3, 0.4) is 0 Å². The second-order valence-corrected chi connectivity index (χ2v) is 5.32. The molecular formula is C17H18N2O. The SMILES string of the molecule is CC(C)N1C(=O)N[C@@H](c2ccccc2)c2ccccc21. The minimum atomic E-state index is -0.0742. The summed E-state index contributed by atoms with van der Waals surface area (Å²) >= 11 is 0. The van der Waals surface area contributed by atoms with Crippen LogP contribution in [0.5, 0.6) is 0 Å². The average Bonchev–Trinajstić information content (AvgIpc) is 2.47. The van der Waals surface area contributed by atoms with Gasteiger partial charge in [0.05, 0.1) is 11.7 Å². The highest BCUT2D eigenvalue weighted by atomic mass is 16.2. The van der Waals surface area contributed by atoms with Crippen molar-refractivity contribution < 1.29 is 4.79 Å². The van der Waals surface area contributed by atoms with Gasteiger partial charge in [0.15, 0.2) is 0 Å². The molecule has 1 heterocycles. The van der Waals surface area contributed by atoms with Gasteiger partial charge in [0.1, 0.15) is 0 Å². The van der Waals surface area contributed by atoms with Gasteiger partial charge in [0.25, 0.3) is 0 Å². The third-order valence-corrected chi connectivity index (χ3v) is 3.64. The summed E-state index contributed by atoms with van der Waals surface area (Å²) in [5.41, 5.74) is 3.25. The lowest BCUT2D eigenvalue weighted by molar-refractivity contribution is 0.241. The van der Waals surface area contributed by atoms with Crippen molar-refractivity contribution in [2.45, 2.75) is 25.9 Å². The fourth-order valence-electron chi connectivity index (χ4n) is 2.75. The van der Waals surface area contributed by atoms with Crippen molar-refractivity contribution in [2.75, 3.05) is 4.90 Å². The zero-order chi connectivity index (χ0) is 14.1. The molecule has 1 atom stereocenters. The molecule has 0 radical (unpaired) electrons. The molecule has 1 aliphatic rings. The number of urea groups is 1. The molecule has 0 saturated heterocycles. The first-order valence-electron chi connectivity index (χ1n) is 6.92. The van der Waals surface area contributed by atoms with Crippen LogP contribution < -0.4 is 10.2 Å². The molecule has 0 spiro atoms. The molecule has 2 aromatic carbocycles. The molecule has 3 nitrogen and oxygen atoms in total. The van der Waals surface area contributed by atoms with E-state index in [2.05, 4.69) is 11.4 Å². The van der Waals surface area contributed by atoms with E-state index in [9.17, 15) is 4.79 Å². The molecule has 0 bridgehead atoms. The van der Waals surface area contributed by atoms with Gasteiger partial charge in [-0.25, -0.2) is 4.79 Å². The van der Waals surface area contributed by atoms with Gasteiger partial charge in [-0.3, -0.25) is 4.90 Å².